The van der Waals surface area contributed by atoms with E-state index in [4.69, 9.17) is 4.74 Å². The van der Waals surface area contributed by atoms with Crippen LogP contribution in [-0.2, 0) is 16.0 Å². The lowest BCUT2D eigenvalue weighted by molar-refractivity contribution is -0.127. The van der Waals surface area contributed by atoms with Crippen molar-refractivity contribution in [3.8, 4) is 5.75 Å². The number of rotatable bonds is 8. The molecule has 0 aromatic heterocycles. The molecule has 0 saturated carbocycles. The van der Waals surface area contributed by atoms with Crippen molar-refractivity contribution in [1.29, 1.82) is 0 Å². The van der Waals surface area contributed by atoms with Crippen LogP contribution in [0.5, 0.6) is 5.75 Å². The number of amides is 3. The Bertz CT molecular complexity index is 981. The molecule has 7 heteroatoms. The molecule has 1 saturated heterocycles. The molecule has 3 rings (SSSR count). The molecular weight excluding hydrogens is 400 g/mol. The maximum absolute atomic E-state index is 12.6. The van der Waals surface area contributed by atoms with Crippen LogP contribution in [0.1, 0.15) is 18.1 Å². The highest BCUT2D eigenvalue weighted by molar-refractivity contribution is 8.18. The number of imide groups is 1. The highest BCUT2D eigenvalue weighted by Gasteiger charge is 2.36. The van der Waals surface area contributed by atoms with E-state index >= 15 is 0 Å². The topological polar surface area (TPSA) is 75.7 Å². The largest absolute Gasteiger partial charge is 0.490 e. The summed E-state index contributed by atoms with van der Waals surface area (Å²) >= 11 is 0.822. The highest BCUT2D eigenvalue weighted by atomic mass is 32.2. The first kappa shape index (κ1) is 21.4. The molecule has 1 N–H and O–H groups in total. The predicted molar refractivity (Wildman–Crippen MR) is 119 cm³/mol. The zero-order chi connectivity index (χ0) is 21.5. The Morgan fingerprint density at radius 2 is 1.83 bits per heavy atom. The van der Waals surface area contributed by atoms with Gasteiger partial charge in [0.1, 0.15) is 18.9 Å². The molecule has 0 aliphatic carbocycles. The number of ether oxygens (including phenoxy) is 1. The summed E-state index contributed by atoms with van der Waals surface area (Å²) in [5.74, 6) is -0.219. The standard InChI is InChI=1S/C23H22N2O4S/c1-3-13-29-19-11-7-17(8-12-19)14-20-22(27)25(23(28)30-20)15-21(26)24-18-9-5-16(4-2)6-10-18/h3,5-12,14H,1,4,13,15H2,2H3,(H,24,26)/b20-14+. The molecule has 2 aromatic carbocycles. The normalized spacial score (nSPS) is 14.8. The van der Waals surface area contributed by atoms with E-state index in [0.29, 0.717) is 18.0 Å². The number of nitrogens with zero attached hydrogens (tertiary/aromatic N) is 1. The van der Waals surface area contributed by atoms with Crippen LogP contribution in [-0.4, -0.2) is 35.1 Å². The fraction of sp³-hybridized carbons (Fsp3) is 0.174. The van der Waals surface area contributed by atoms with Gasteiger partial charge in [-0.15, -0.1) is 0 Å². The number of thioether (sulfide) groups is 1. The smallest absolute Gasteiger partial charge is 0.294 e. The fourth-order valence-corrected chi connectivity index (χ4v) is 3.61. The minimum atomic E-state index is -0.478. The molecular formula is C23H22N2O4S. The molecule has 0 spiro atoms. The van der Waals surface area contributed by atoms with Gasteiger partial charge in [0.05, 0.1) is 4.91 Å². The second-order valence-corrected chi connectivity index (χ2v) is 7.53. The van der Waals surface area contributed by atoms with Crippen molar-refractivity contribution in [2.45, 2.75) is 13.3 Å². The third-order valence-corrected chi connectivity index (χ3v) is 5.27. The first-order chi connectivity index (χ1) is 14.5. The molecule has 1 aliphatic heterocycles. The molecule has 30 heavy (non-hydrogen) atoms. The molecule has 2 aromatic rings. The molecule has 1 fully saturated rings. The van der Waals surface area contributed by atoms with Crippen molar-refractivity contribution in [3.05, 3.63) is 77.2 Å². The zero-order valence-electron chi connectivity index (χ0n) is 16.6. The van der Waals surface area contributed by atoms with Crippen LogP contribution in [0.25, 0.3) is 6.08 Å². The van der Waals surface area contributed by atoms with Gasteiger partial charge in [-0.1, -0.05) is 43.8 Å². The Labute approximate surface area is 179 Å². The molecule has 3 amide bonds. The van der Waals surface area contributed by atoms with Gasteiger partial charge in [-0.2, -0.15) is 0 Å². The van der Waals surface area contributed by atoms with Gasteiger partial charge in [0.2, 0.25) is 5.91 Å². The van der Waals surface area contributed by atoms with Crippen LogP contribution in [0.3, 0.4) is 0 Å². The number of hydrogen-bond acceptors (Lipinski definition) is 5. The summed E-state index contributed by atoms with van der Waals surface area (Å²) in [7, 11) is 0. The minimum Gasteiger partial charge on any atom is -0.490 e. The molecule has 154 valence electrons. The number of aryl methyl sites for hydroxylation is 1. The van der Waals surface area contributed by atoms with E-state index in [1.807, 2.05) is 19.1 Å². The maximum Gasteiger partial charge on any atom is 0.294 e. The first-order valence-corrected chi connectivity index (χ1v) is 10.3. The number of hydrogen-bond donors (Lipinski definition) is 1. The molecule has 0 radical (unpaired) electrons. The van der Waals surface area contributed by atoms with E-state index in [-0.39, 0.29) is 11.4 Å². The van der Waals surface area contributed by atoms with Crippen LogP contribution in [0.15, 0.2) is 66.1 Å². The van der Waals surface area contributed by atoms with Crippen molar-refractivity contribution in [2.75, 3.05) is 18.5 Å². The zero-order valence-corrected chi connectivity index (χ0v) is 17.4. The summed E-state index contributed by atoms with van der Waals surface area (Å²) in [6, 6.07) is 14.6. The van der Waals surface area contributed by atoms with Crippen molar-refractivity contribution >= 4 is 40.6 Å². The third-order valence-electron chi connectivity index (χ3n) is 4.37. The summed E-state index contributed by atoms with van der Waals surface area (Å²) in [6.07, 6.45) is 4.19. The number of anilines is 1. The Hall–Kier alpha value is -3.32. The first-order valence-electron chi connectivity index (χ1n) is 9.48. The summed E-state index contributed by atoms with van der Waals surface area (Å²) in [5.41, 5.74) is 2.54. The van der Waals surface area contributed by atoms with Crippen LogP contribution in [0.2, 0.25) is 0 Å². The van der Waals surface area contributed by atoms with Gasteiger partial charge in [0.25, 0.3) is 11.1 Å². The Morgan fingerprint density at radius 1 is 1.13 bits per heavy atom. The van der Waals surface area contributed by atoms with Crippen molar-refractivity contribution in [1.82, 2.24) is 4.90 Å². The van der Waals surface area contributed by atoms with Gasteiger partial charge in [-0.05, 0) is 59.7 Å². The highest BCUT2D eigenvalue weighted by Crippen LogP contribution is 2.32. The second-order valence-electron chi connectivity index (χ2n) is 6.54. The SMILES string of the molecule is C=CCOc1ccc(/C=C2/SC(=O)N(CC(=O)Nc3ccc(CC)cc3)C2=O)cc1. The molecule has 0 bridgehead atoms. The van der Waals surface area contributed by atoms with E-state index in [1.165, 1.54) is 0 Å². The Balaban J connectivity index is 1.62. The summed E-state index contributed by atoms with van der Waals surface area (Å²) < 4.78 is 5.42. The van der Waals surface area contributed by atoms with E-state index in [9.17, 15) is 14.4 Å². The number of carbonyl (C=O) groups excluding carboxylic acids is 3. The van der Waals surface area contributed by atoms with Crippen LogP contribution in [0.4, 0.5) is 10.5 Å². The number of carbonyl (C=O) groups is 3. The van der Waals surface area contributed by atoms with E-state index < -0.39 is 17.1 Å². The predicted octanol–water partition coefficient (Wildman–Crippen LogP) is 4.49. The van der Waals surface area contributed by atoms with Gasteiger partial charge in [0.15, 0.2) is 0 Å². The summed E-state index contributed by atoms with van der Waals surface area (Å²) in [5, 5.41) is 2.25. The second kappa shape index (κ2) is 9.93. The quantitative estimate of drug-likeness (QED) is 0.501. The molecule has 1 aliphatic rings. The van der Waals surface area contributed by atoms with E-state index in [1.54, 1.807) is 48.6 Å². The van der Waals surface area contributed by atoms with Gasteiger partial charge >= 0.3 is 0 Å². The van der Waals surface area contributed by atoms with Crippen LogP contribution >= 0.6 is 11.8 Å². The monoisotopic (exact) mass is 422 g/mol. The summed E-state index contributed by atoms with van der Waals surface area (Å²) in [4.78, 5) is 38.4. The minimum absolute atomic E-state index is 0.278. The van der Waals surface area contributed by atoms with Gasteiger partial charge in [-0.25, -0.2) is 0 Å². The van der Waals surface area contributed by atoms with E-state index in [2.05, 4.69) is 11.9 Å². The van der Waals surface area contributed by atoms with Gasteiger partial charge < -0.3 is 10.1 Å². The van der Waals surface area contributed by atoms with Crippen LogP contribution < -0.4 is 10.1 Å². The molecule has 0 unspecified atom stereocenters. The van der Waals surface area contributed by atoms with Crippen molar-refractivity contribution in [3.63, 3.8) is 0 Å². The number of nitrogens with one attached hydrogen (secondary N) is 1. The van der Waals surface area contributed by atoms with Gasteiger partial charge in [-0.3, -0.25) is 19.3 Å². The average Bonchev–Trinajstić information content (AvgIpc) is 3.01. The lowest BCUT2D eigenvalue weighted by Gasteiger charge is -2.12. The summed E-state index contributed by atoms with van der Waals surface area (Å²) in [6.45, 7) is 5.72. The average molecular weight is 423 g/mol. The fourth-order valence-electron chi connectivity index (χ4n) is 2.77. The Morgan fingerprint density at radius 3 is 2.47 bits per heavy atom. The lowest BCUT2D eigenvalue weighted by atomic mass is 10.1. The van der Waals surface area contributed by atoms with Gasteiger partial charge in [0, 0.05) is 5.69 Å². The van der Waals surface area contributed by atoms with Crippen molar-refractivity contribution in [2.24, 2.45) is 0 Å². The lowest BCUT2D eigenvalue weighted by Crippen LogP contribution is -2.36. The van der Waals surface area contributed by atoms with Crippen molar-refractivity contribution < 1.29 is 19.1 Å². The maximum atomic E-state index is 12.6. The Kier molecular flexibility index (Phi) is 7.08. The number of benzene rings is 2. The molecule has 0 atom stereocenters. The molecule has 6 nitrogen and oxygen atoms in total. The third kappa shape index (κ3) is 5.39. The molecule has 1 heterocycles. The van der Waals surface area contributed by atoms with E-state index in [0.717, 1.165) is 34.2 Å². The van der Waals surface area contributed by atoms with Crippen LogP contribution in [0, 0.1) is 0 Å².